The van der Waals surface area contributed by atoms with Gasteiger partial charge in [0.2, 0.25) is 5.89 Å². The molecule has 0 saturated carbocycles. The summed E-state index contributed by atoms with van der Waals surface area (Å²) in [5.41, 5.74) is 42.1. The standard InChI is InChI=1S/C56H40N2O.C56H40N2/c1-55(2)46-17-9-7-14-38(46)40-27-25-35(29-48(40)55)43-31-45-44(36-26-28-41-39-15-8-10-18-47(39)56(3,4)49(41)30-36)32-51(57-53(45)42-16-6-5-13-37(42)43)33-21-23-34(24-22-33)54-58-50-19-11-12-20-52(50)59-54;1-55(2)49-15-9-7-12-41(49)43-27-25-38(29-51(43)55)46-31-48-47(39-26-28-44-42-13-8-10-16-50(42)56(3,4)52(44)30-39)32-53(58-54(48)45-14-6-5-11-40(45)46)37-23-21-36(22-24-37)35-19-17-34(33-57)18-20-35/h5-32H,1-4H3;5-32H,1-4H3. The van der Waals surface area contributed by atoms with Gasteiger partial charge < -0.3 is 4.42 Å². The number of hydrogen-bond acceptors (Lipinski definition) is 5. The molecule has 5 nitrogen and oxygen atoms in total. The van der Waals surface area contributed by atoms with Crippen molar-refractivity contribution >= 4 is 54.5 Å². The molecule has 5 heteroatoms. The summed E-state index contributed by atoms with van der Waals surface area (Å²) in [5, 5.41) is 16.3. The number of oxazole rings is 1. The molecule has 0 radical (unpaired) electrons. The fraction of sp³-hybridized carbons (Fsp3) is 0.107. The van der Waals surface area contributed by atoms with Gasteiger partial charge in [0, 0.05) is 59.9 Å². The Morgan fingerprint density at radius 1 is 0.231 bits per heavy atom. The molecule has 4 aliphatic carbocycles. The number of pyridine rings is 2. The van der Waals surface area contributed by atoms with Crippen molar-refractivity contribution in [1.29, 1.82) is 5.26 Å². The second kappa shape index (κ2) is 25.9. The zero-order valence-electron chi connectivity index (χ0n) is 66.5. The van der Waals surface area contributed by atoms with Crippen LogP contribution in [-0.2, 0) is 21.7 Å². The van der Waals surface area contributed by atoms with Crippen LogP contribution in [0, 0.1) is 11.3 Å². The van der Waals surface area contributed by atoms with E-state index >= 15 is 0 Å². The molecule has 0 saturated heterocycles. The van der Waals surface area contributed by atoms with Gasteiger partial charge in [-0.2, -0.15) is 5.26 Å². The first kappa shape index (κ1) is 69.5. The van der Waals surface area contributed by atoms with E-state index in [0.29, 0.717) is 11.5 Å². The van der Waals surface area contributed by atoms with Crippen LogP contribution in [0.4, 0.5) is 0 Å². The van der Waals surface area contributed by atoms with E-state index < -0.39 is 0 Å². The van der Waals surface area contributed by atoms with Crippen molar-refractivity contribution in [1.82, 2.24) is 15.0 Å². The van der Waals surface area contributed by atoms with E-state index in [2.05, 4.69) is 353 Å². The molecule has 0 fully saturated rings. The number of nitrogens with zero attached hydrogens (tertiary/aromatic N) is 4. The van der Waals surface area contributed by atoms with Crippen molar-refractivity contribution in [3.63, 3.8) is 0 Å². The molecule has 23 rings (SSSR count). The number of rotatable bonds is 8. The highest BCUT2D eigenvalue weighted by Gasteiger charge is 2.40. The number of aromatic nitrogens is 3. The summed E-state index contributed by atoms with van der Waals surface area (Å²) in [6, 6.07) is 126. The Kier molecular flexibility index (Phi) is 15.4. The quantitative estimate of drug-likeness (QED) is 0.142. The molecule has 117 heavy (non-hydrogen) atoms. The Morgan fingerprint density at radius 3 is 0.889 bits per heavy atom. The highest BCUT2D eigenvalue weighted by Crippen LogP contribution is 2.56. The van der Waals surface area contributed by atoms with Crippen molar-refractivity contribution in [3.8, 4) is 140 Å². The van der Waals surface area contributed by atoms with Crippen LogP contribution in [0.2, 0.25) is 0 Å². The molecule has 19 aromatic rings. The van der Waals surface area contributed by atoms with Crippen molar-refractivity contribution in [2.45, 2.75) is 77.0 Å². The van der Waals surface area contributed by atoms with Crippen LogP contribution in [0.15, 0.2) is 344 Å². The lowest BCUT2D eigenvalue weighted by Gasteiger charge is -2.23. The van der Waals surface area contributed by atoms with Crippen LogP contribution in [0.1, 0.15) is 105 Å². The molecule has 4 aliphatic rings. The van der Waals surface area contributed by atoms with Crippen molar-refractivity contribution in [2.24, 2.45) is 0 Å². The van der Waals surface area contributed by atoms with Gasteiger partial charge in [-0.05, 0) is 240 Å². The van der Waals surface area contributed by atoms with Gasteiger partial charge >= 0.3 is 0 Å². The summed E-state index contributed by atoms with van der Waals surface area (Å²) < 4.78 is 6.13. The maximum Gasteiger partial charge on any atom is 0.227 e. The SMILES string of the molecule is CC1(C)c2ccccc2-c2ccc(-c3cc4c(-c5ccc6c(c5)C(C)(C)c5ccccc5-6)cc(-c5ccc(-c6ccc(C#N)cc6)cc5)nc4c4ccccc34)cc21.CC1(C)c2ccccc2-c2ccc(-c3cc4c(-c5ccc6c(c5)C(C)(C)c5ccccc5-6)cc(-c5ccc(-c6nc7ccccc7o6)cc5)nc4c4ccccc34)cc21. The van der Waals surface area contributed by atoms with Crippen LogP contribution < -0.4 is 0 Å². The minimum absolute atomic E-state index is 0.0962. The number of benzene rings is 16. The first-order valence-corrected chi connectivity index (χ1v) is 40.7. The lowest BCUT2D eigenvalue weighted by atomic mass is 9.81. The van der Waals surface area contributed by atoms with E-state index in [-0.39, 0.29) is 21.7 Å². The Balaban J connectivity index is 0.000000142. The van der Waals surface area contributed by atoms with E-state index in [9.17, 15) is 5.26 Å². The normalized spacial score (nSPS) is 14.2. The fourth-order valence-electron chi connectivity index (χ4n) is 20.2. The van der Waals surface area contributed by atoms with Gasteiger partial charge in [0.15, 0.2) is 5.58 Å². The summed E-state index contributed by atoms with van der Waals surface area (Å²) in [6.45, 7) is 18.8. The van der Waals surface area contributed by atoms with Crippen LogP contribution in [-0.4, -0.2) is 15.0 Å². The molecule has 0 atom stereocenters. The molecule has 0 bridgehead atoms. The summed E-state index contributed by atoms with van der Waals surface area (Å²) in [7, 11) is 0. The zero-order valence-corrected chi connectivity index (χ0v) is 66.5. The predicted octanol–water partition coefficient (Wildman–Crippen LogP) is 29.4. The molecule has 16 aromatic carbocycles. The van der Waals surface area contributed by atoms with E-state index in [1.165, 1.54) is 144 Å². The van der Waals surface area contributed by atoms with Crippen LogP contribution in [0.25, 0.3) is 189 Å². The molecule has 0 N–H and O–H groups in total. The Labute approximate surface area is 681 Å². The Morgan fingerprint density at radius 2 is 0.521 bits per heavy atom. The highest BCUT2D eigenvalue weighted by molar-refractivity contribution is 6.18. The smallest absolute Gasteiger partial charge is 0.227 e. The van der Waals surface area contributed by atoms with Crippen LogP contribution in [0.3, 0.4) is 0 Å². The Bertz CT molecular complexity index is 7450. The third-order valence-electron chi connectivity index (χ3n) is 26.5. The van der Waals surface area contributed by atoms with Crippen molar-refractivity contribution in [3.05, 3.63) is 390 Å². The molecule has 0 aliphatic heterocycles. The molecule has 3 aromatic heterocycles. The molecule has 554 valence electrons. The zero-order chi connectivity index (χ0) is 79.0. The monoisotopic (exact) mass is 1500 g/mol. The molecule has 0 unspecified atom stereocenters. The number of nitriles is 1. The third-order valence-corrected chi connectivity index (χ3v) is 26.5. The summed E-state index contributed by atoms with van der Waals surface area (Å²) in [6.07, 6.45) is 0. The third kappa shape index (κ3) is 10.8. The lowest BCUT2D eigenvalue weighted by Crippen LogP contribution is -2.15. The lowest BCUT2D eigenvalue weighted by molar-refractivity contribution is 0.620. The second-order valence-electron chi connectivity index (χ2n) is 34.4. The van der Waals surface area contributed by atoms with Gasteiger partial charge in [-0.1, -0.05) is 310 Å². The summed E-state index contributed by atoms with van der Waals surface area (Å²) in [5.74, 6) is 0.615. The van der Waals surface area contributed by atoms with E-state index in [0.717, 1.165) is 82.9 Å². The average Bonchev–Trinajstić information content (AvgIpc) is 1.41. The summed E-state index contributed by atoms with van der Waals surface area (Å²) in [4.78, 5) is 15.8. The van der Waals surface area contributed by atoms with Gasteiger partial charge in [0.1, 0.15) is 5.52 Å². The predicted molar refractivity (Wildman–Crippen MR) is 485 cm³/mol. The minimum Gasteiger partial charge on any atom is -0.436 e. The Hall–Kier alpha value is -14.2. The molecule has 0 spiro atoms. The topological polar surface area (TPSA) is 75.6 Å². The average molecular weight is 1500 g/mol. The van der Waals surface area contributed by atoms with Crippen molar-refractivity contribution < 1.29 is 4.42 Å². The van der Waals surface area contributed by atoms with E-state index in [1.54, 1.807) is 0 Å². The molecular formula is C112H80N4O. The molecular weight excluding hydrogens is 1420 g/mol. The van der Waals surface area contributed by atoms with Crippen molar-refractivity contribution in [2.75, 3.05) is 0 Å². The summed E-state index contributed by atoms with van der Waals surface area (Å²) >= 11 is 0. The van der Waals surface area contributed by atoms with Gasteiger partial charge in [-0.3, -0.25) is 0 Å². The number of para-hydroxylation sites is 2. The van der Waals surface area contributed by atoms with Gasteiger partial charge in [-0.25, -0.2) is 15.0 Å². The van der Waals surface area contributed by atoms with Gasteiger partial charge in [0.05, 0.1) is 34.1 Å². The van der Waals surface area contributed by atoms with E-state index in [1.807, 2.05) is 48.5 Å². The maximum atomic E-state index is 9.32. The van der Waals surface area contributed by atoms with Crippen LogP contribution >= 0.6 is 0 Å². The highest BCUT2D eigenvalue weighted by atomic mass is 16.3. The van der Waals surface area contributed by atoms with Gasteiger partial charge in [0.25, 0.3) is 0 Å². The number of hydrogen-bond donors (Lipinski definition) is 0. The first-order valence-electron chi connectivity index (χ1n) is 40.7. The minimum atomic E-state index is -0.124. The van der Waals surface area contributed by atoms with Crippen LogP contribution in [0.5, 0.6) is 0 Å². The largest absolute Gasteiger partial charge is 0.436 e. The fourth-order valence-corrected chi connectivity index (χ4v) is 20.2. The maximum absolute atomic E-state index is 9.32. The first-order chi connectivity index (χ1) is 56.9. The number of fused-ring (bicyclic) bond motifs is 19. The molecule has 0 amide bonds. The van der Waals surface area contributed by atoms with Gasteiger partial charge in [-0.15, -0.1) is 0 Å². The van der Waals surface area contributed by atoms with E-state index in [4.69, 9.17) is 19.4 Å². The second-order valence-corrected chi connectivity index (χ2v) is 34.4. The molecule has 3 heterocycles.